The predicted octanol–water partition coefficient (Wildman–Crippen LogP) is 1.91. The van der Waals surface area contributed by atoms with Crippen LogP contribution in [0.4, 0.5) is 16.2 Å². The summed E-state index contributed by atoms with van der Waals surface area (Å²) in [5.74, 6) is -0.862. The van der Waals surface area contributed by atoms with Gasteiger partial charge in [0.2, 0.25) is 12.3 Å². The highest BCUT2D eigenvalue weighted by Gasteiger charge is 2.24. The Balaban J connectivity index is 1.56. The van der Waals surface area contributed by atoms with Gasteiger partial charge in [0, 0.05) is 25.7 Å². The average molecular weight is 525 g/mol. The van der Waals surface area contributed by atoms with Crippen LogP contribution >= 0.6 is 0 Å². The van der Waals surface area contributed by atoms with Crippen LogP contribution in [0.25, 0.3) is 0 Å². The van der Waals surface area contributed by atoms with Crippen molar-refractivity contribution in [3.05, 3.63) is 53.6 Å². The topological polar surface area (TPSA) is 153 Å². The number of carboxylic acids is 1. The van der Waals surface area contributed by atoms with E-state index in [4.69, 9.17) is 4.74 Å². The van der Waals surface area contributed by atoms with E-state index in [1.807, 2.05) is 31.2 Å². The molecule has 12 nitrogen and oxygen atoms in total. The summed E-state index contributed by atoms with van der Waals surface area (Å²) in [6, 6.07) is 11.1. The van der Waals surface area contributed by atoms with E-state index < -0.39 is 18.0 Å². The molecule has 1 unspecified atom stereocenters. The Labute approximate surface area is 220 Å². The van der Waals surface area contributed by atoms with E-state index in [9.17, 15) is 24.3 Å². The van der Waals surface area contributed by atoms with Gasteiger partial charge in [0.05, 0.1) is 38.0 Å². The lowest BCUT2D eigenvalue weighted by molar-refractivity contribution is -0.141. The first-order chi connectivity index (χ1) is 18.2. The summed E-state index contributed by atoms with van der Waals surface area (Å²) < 4.78 is 5.43. The highest BCUT2D eigenvalue weighted by molar-refractivity contribution is 6.01. The molecule has 1 atom stereocenters. The fourth-order valence-corrected chi connectivity index (χ4v) is 3.91. The molecule has 0 bridgehead atoms. The van der Waals surface area contributed by atoms with Crippen molar-refractivity contribution in [1.82, 2.24) is 15.2 Å². The van der Waals surface area contributed by atoms with Crippen molar-refractivity contribution < 1.29 is 29.0 Å². The van der Waals surface area contributed by atoms with Gasteiger partial charge in [-0.05, 0) is 36.2 Å². The van der Waals surface area contributed by atoms with Gasteiger partial charge < -0.3 is 30.7 Å². The number of benzene rings is 2. The second-order valence-corrected chi connectivity index (χ2v) is 8.86. The molecule has 3 rings (SSSR count). The number of nitrogens with one attached hydrogen (secondary N) is 3. The number of para-hydroxylation sites is 1. The summed E-state index contributed by atoms with van der Waals surface area (Å²) in [4.78, 5) is 48.7. The Morgan fingerprint density at radius 1 is 1.18 bits per heavy atom. The van der Waals surface area contributed by atoms with Gasteiger partial charge in [-0.25, -0.2) is 9.59 Å². The van der Waals surface area contributed by atoms with Crippen molar-refractivity contribution in [3.63, 3.8) is 0 Å². The van der Waals surface area contributed by atoms with Crippen LogP contribution in [0.2, 0.25) is 0 Å². The number of amides is 4. The highest BCUT2D eigenvalue weighted by atomic mass is 16.5. The maximum atomic E-state index is 12.8. The van der Waals surface area contributed by atoms with Crippen molar-refractivity contribution >= 4 is 41.4 Å². The van der Waals surface area contributed by atoms with Crippen LogP contribution < -0.4 is 20.7 Å². The molecular weight excluding hydrogens is 492 g/mol. The summed E-state index contributed by atoms with van der Waals surface area (Å²) >= 11 is 0. The Bertz CT molecular complexity index is 1220. The zero-order valence-electron chi connectivity index (χ0n) is 21.6. The average Bonchev–Trinajstić information content (AvgIpc) is 3.32. The van der Waals surface area contributed by atoms with Crippen molar-refractivity contribution in [2.24, 2.45) is 5.10 Å². The number of anilines is 2. The van der Waals surface area contributed by atoms with Crippen LogP contribution in [0, 0.1) is 6.92 Å². The highest BCUT2D eigenvalue weighted by Crippen LogP contribution is 2.26. The van der Waals surface area contributed by atoms with Gasteiger partial charge in [0.15, 0.2) is 0 Å². The van der Waals surface area contributed by atoms with Gasteiger partial charge in [-0.2, -0.15) is 5.10 Å². The number of carbonyl (C=O) groups is 4. The lowest BCUT2D eigenvalue weighted by Gasteiger charge is -2.19. The molecule has 1 heterocycles. The summed E-state index contributed by atoms with van der Waals surface area (Å²) in [5.41, 5.74) is 3.55. The molecule has 202 valence electrons. The number of carboxylic acid groups (broad SMARTS) is 1. The van der Waals surface area contributed by atoms with Crippen molar-refractivity contribution in [3.8, 4) is 5.75 Å². The molecule has 0 radical (unpaired) electrons. The normalized spacial score (nSPS) is 13.2. The fraction of sp³-hybridized carbons (Fsp3) is 0.346. The first-order valence-electron chi connectivity index (χ1n) is 12.0. The van der Waals surface area contributed by atoms with Gasteiger partial charge in [0.1, 0.15) is 11.8 Å². The van der Waals surface area contributed by atoms with Crippen molar-refractivity contribution in [2.45, 2.75) is 25.8 Å². The fourth-order valence-electron chi connectivity index (χ4n) is 3.91. The molecule has 12 heteroatoms. The molecule has 0 fully saturated rings. The number of hydrogen-bond donors (Lipinski definition) is 4. The minimum absolute atomic E-state index is 0.0401. The second-order valence-electron chi connectivity index (χ2n) is 8.86. The van der Waals surface area contributed by atoms with Crippen LogP contribution in [0.15, 0.2) is 47.6 Å². The van der Waals surface area contributed by atoms with Crippen LogP contribution in [-0.2, 0) is 20.8 Å². The largest absolute Gasteiger partial charge is 0.495 e. The second kappa shape index (κ2) is 13.1. The third-order valence-electron chi connectivity index (χ3n) is 6.01. The molecule has 0 saturated carbocycles. The summed E-state index contributed by atoms with van der Waals surface area (Å²) in [6.45, 7) is 2.74. The van der Waals surface area contributed by atoms with E-state index in [0.29, 0.717) is 48.6 Å². The van der Waals surface area contributed by atoms with Gasteiger partial charge in [-0.15, -0.1) is 0 Å². The maximum absolute atomic E-state index is 12.8. The molecule has 2 aromatic rings. The third kappa shape index (κ3) is 7.69. The van der Waals surface area contributed by atoms with Gasteiger partial charge >= 0.3 is 12.0 Å². The Kier molecular flexibility index (Phi) is 9.63. The standard InChI is InChI=1S/C26H32N6O6/c1-17-6-4-5-7-20(17)28-26(37)29-21-9-8-18(12-23(21)38-3)13-24(34)31(2)14-19-10-11-32(30-19)15-22(25(35)36)27-16-33/h4-9,12,16,22H,10-11,13-15H2,1-3H3,(H,27,33)(H,35,36)(H2,28,29,37). The molecule has 4 N–H and O–H groups in total. The number of methoxy groups -OCH3 is 1. The molecule has 4 amide bonds. The molecule has 2 aromatic carbocycles. The molecule has 38 heavy (non-hydrogen) atoms. The number of aliphatic carboxylic acids is 1. The van der Waals surface area contributed by atoms with Crippen LogP contribution in [0.3, 0.4) is 0 Å². The lowest BCUT2D eigenvalue weighted by Crippen LogP contribution is -2.43. The number of nitrogens with zero attached hydrogens (tertiary/aromatic N) is 3. The molecule has 0 aromatic heterocycles. The minimum Gasteiger partial charge on any atom is -0.495 e. The molecule has 1 aliphatic rings. The monoisotopic (exact) mass is 524 g/mol. The van der Waals surface area contributed by atoms with E-state index >= 15 is 0 Å². The number of ether oxygens (including phenoxy) is 1. The smallest absolute Gasteiger partial charge is 0.328 e. The predicted molar refractivity (Wildman–Crippen MR) is 142 cm³/mol. The number of hydrogen-bond acceptors (Lipinski definition) is 7. The molecule has 0 spiro atoms. The number of aryl methyl sites for hydroxylation is 1. The molecular formula is C26H32N6O6. The lowest BCUT2D eigenvalue weighted by atomic mass is 10.1. The SMILES string of the molecule is COc1cc(CC(=O)N(C)CC2=NN(CC(NC=O)C(=O)O)CC2)ccc1NC(=O)Nc1ccccc1C. The number of urea groups is 1. The van der Waals surface area contributed by atoms with Gasteiger partial charge in [-0.3, -0.25) is 14.6 Å². The number of rotatable bonds is 12. The number of carbonyl (C=O) groups excluding carboxylic acids is 3. The van der Waals surface area contributed by atoms with E-state index in [1.54, 1.807) is 35.2 Å². The number of likely N-dealkylation sites (N-methyl/N-ethyl adjacent to an activating group) is 1. The summed E-state index contributed by atoms with van der Waals surface area (Å²) in [7, 11) is 3.16. The molecule has 0 saturated heterocycles. The number of hydrazone groups is 1. The Morgan fingerprint density at radius 2 is 1.92 bits per heavy atom. The molecule has 1 aliphatic heterocycles. The van der Waals surface area contributed by atoms with E-state index in [2.05, 4.69) is 21.1 Å². The van der Waals surface area contributed by atoms with Gasteiger partial charge in [0.25, 0.3) is 0 Å². The van der Waals surface area contributed by atoms with E-state index in [1.165, 1.54) is 7.11 Å². The Hall–Kier alpha value is -4.61. The van der Waals surface area contributed by atoms with Crippen LogP contribution in [0.5, 0.6) is 5.75 Å². The van der Waals surface area contributed by atoms with Crippen LogP contribution in [0.1, 0.15) is 17.5 Å². The Morgan fingerprint density at radius 3 is 2.61 bits per heavy atom. The minimum atomic E-state index is -1.14. The van der Waals surface area contributed by atoms with E-state index in [0.717, 1.165) is 11.3 Å². The van der Waals surface area contributed by atoms with Gasteiger partial charge in [-0.1, -0.05) is 24.3 Å². The first-order valence-corrected chi connectivity index (χ1v) is 12.0. The first kappa shape index (κ1) is 28.0. The molecule has 0 aliphatic carbocycles. The summed E-state index contributed by atoms with van der Waals surface area (Å²) in [5, 5.41) is 23.0. The zero-order chi connectivity index (χ0) is 27.7. The van der Waals surface area contributed by atoms with Crippen LogP contribution in [-0.4, -0.2) is 84.9 Å². The van der Waals surface area contributed by atoms with E-state index in [-0.39, 0.29) is 18.9 Å². The third-order valence-corrected chi connectivity index (χ3v) is 6.01. The zero-order valence-corrected chi connectivity index (χ0v) is 21.6. The quantitative estimate of drug-likeness (QED) is 0.310. The summed E-state index contributed by atoms with van der Waals surface area (Å²) in [6.07, 6.45) is 1.05. The van der Waals surface area contributed by atoms with Crippen molar-refractivity contribution in [1.29, 1.82) is 0 Å². The van der Waals surface area contributed by atoms with Crippen molar-refractivity contribution in [2.75, 3.05) is 44.4 Å². The maximum Gasteiger partial charge on any atom is 0.328 e.